The van der Waals surface area contributed by atoms with Gasteiger partial charge in [-0.1, -0.05) is 23.7 Å². The molecule has 6 nitrogen and oxygen atoms in total. The number of rotatable bonds is 3. The number of hydrogen-bond acceptors (Lipinski definition) is 4. The van der Waals surface area contributed by atoms with E-state index in [1.165, 1.54) is 0 Å². The summed E-state index contributed by atoms with van der Waals surface area (Å²) in [4.78, 5) is 26.3. The zero-order chi connectivity index (χ0) is 18.3. The van der Waals surface area contributed by atoms with E-state index in [0.717, 1.165) is 0 Å². The normalized spacial score (nSPS) is 25.1. The van der Waals surface area contributed by atoms with Crippen molar-refractivity contribution in [3.8, 4) is 11.3 Å². The molecule has 0 aliphatic carbocycles. The molecule has 0 unspecified atom stereocenters. The Balaban J connectivity index is 1.58. The number of carbonyl (C=O) groups excluding carboxylic acids is 1. The number of carbonyl (C=O) groups is 2. The molecule has 0 bridgehead atoms. The van der Waals surface area contributed by atoms with Crippen LogP contribution in [0.1, 0.15) is 17.0 Å². The second kappa shape index (κ2) is 6.45. The largest absolute Gasteiger partial charge is 0.481 e. The first-order valence-corrected chi connectivity index (χ1v) is 8.84. The Morgan fingerprint density at radius 1 is 1.23 bits per heavy atom. The smallest absolute Gasteiger partial charge is 0.311 e. The minimum Gasteiger partial charge on any atom is -0.481 e. The van der Waals surface area contributed by atoms with Gasteiger partial charge in [0, 0.05) is 31.2 Å². The Morgan fingerprint density at radius 3 is 2.77 bits per heavy atom. The third kappa shape index (κ3) is 2.70. The fourth-order valence-electron chi connectivity index (χ4n) is 3.87. The van der Waals surface area contributed by atoms with Gasteiger partial charge < -0.3 is 19.2 Å². The van der Waals surface area contributed by atoms with E-state index in [-0.39, 0.29) is 24.1 Å². The van der Waals surface area contributed by atoms with E-state index < -0.39 is 11.4 Å². The minimum atomic E-state index is -0.925. The quantitative estimate of drug-likeness (QED) is 0.891. The van der Waals surface area contributed by atoms with E-state index in [1.54, 1.807) is 23.1 Å². The van der Waals surface area contributed by atoms with Gasteiger partial charge in [0.25, 0.3) is 5.91 Å². The number of nitrogens with zero attached hydrogens (tertiary/aromatic N) is 1. The van der Waals surface area contributed by atoms with Gasteiger partial charge in [-0.25, -0.2) is 0 Å². The van der Waals surface area contributed by atoms with E-state index in [0.29, 0.717) is 42.5 Å². The lowest BCUT2D eigenvalue weighted by atomic mass is 9.74. The SMILES string of the molecule is O=C(c1ccc(-c2ccccc2Cl)o1)N1C[C@H]2COCC[C@@]2(C(=O)O)C1. The number of carboxylic acid groups (broad SMARTS) is 1. The van der Waals surface area contributed by atoms with Gasteiger partial charge in [-0.05, 0) is 30.7 Å². The fraction of sp³-hybridized carbons (Fsp3) is 0.368. The van der Waals surface area contributed by atoms with Gasteiger partial charge in [-0.3, -0.25) is 9.59 Å². The van der Waals surface area contributed by atoms with Gasteiger partial charge in [0.05, 0.1) is 17.0 Å². The summed E-state index contributed by atoms with van der Waals surface area (Å²) >= 11 is 6.18. The highest BCUT2D eigenvalue weighted by Crippen LogP contribution is 2.43. The van der Waals surface area contributed by atoms with Crippen molar-refractivity contribution >= 4 is 23.5 Å². The number of carboxylic acids is 1. The Bertz CT molecular complexity index is 863. The predicted molar refractivity (Wildman–Crippen MR) is 94.1 cm³/mol. The van der Waals surface area contributed by atoms with Crippen LogP contribution in [0, 0.1) is 11.3 Å². The molecule has 0 radical (unpaired) electrons. The molecule has 2 atom stereocenters. The second-order valence-corrected chi connectivity index (χ2v) is 7.22. The van der Waals surface area contributed by atoms with Crippen LogP contribution < -0.4 is 0 Å². The molecular formula is C19H18ClNO5. The Labute approximate surface area is 155 Å². The van der Waals surface area contributed by atoms with Crippen LogP contribution in [0.4, 0.5) is 0 Å². The van der Waals surface area contributed by atoms with Crippen LogP contribution in [0.15, 0.2) is 40.8 Å². The first-order chi connectivity index (χ1) is 12.5. The average molecular weight is 376 g/mol. The molecule has 4 rings (SSSR count). The average Bonchev–Trinajstić information content (AvgIpc) is 3.27. The third-order valence-corrected chi connectivity index (χ3v) is 5.71. The minimum absolute atomic E-state index is 0.178. The van der Waals surface area contributed by atoms with Crippen molar-refractivity contribution in [2.24, 2.45) is 11.3 Å². The van der Waals surface area contributed by atoms with Crippen LogP contribution in [-0.2, 0) is 9.53 Å². The summed E-state index contributed by atoms with van der Waals surface area (Å²) < 4.78 is 11.1. The lowest BCUT2D eigenvalue weighted by Gasteiger charge is -2.33. The van der Waals surface area contributed by atoms with E-state index in [4.69, 9.17) is 20.8 Å². The molecule has 26 heavy (non-hydrogen) atoms. The zero-order valence-corrected chi connectivity index (χ0v) is 14.7. The van der Waals surface area contributed by atoms with Gasteiger partial charge in [-0.15, -0.1) is 0 Å². The molecule has 0 spiro atoms. The van der Waals surface area contributed by atoms with Crippen LogP contribution >= 0.6 is 11.6 Å². The van der Waals surface area contributed by atoms with Gasteiger partial charge in [-0.2, -0.15) is 0 Å². The molecule has 3 heterocycles. The highest BCUT2D eigenvalue weighted by atomic mass is 35.5. The highest BCUT2D eigenvalue weighted by Gasteiger charge is 2.55. The predicted octanol–water partition coefficient (Wildman–Crippen LogP) is 3.16. The van der Waals surface area contributed by atoms with Crippen LogP contribution in [0.3, 0.4) is 0 Å². The molecule has 1 N–H and O–H groups in total. The molecular weight excluding hydrogens is 358 g/mol. The van der Waals surface area contributed by atoms with Crippen molar-refractivity contribution in [3.05, 3.63) is 47.2 Å². The van der Waals surface area contributed by atoms with Crippen molar-refractivity contribution in [2.45, 2.75) is 6.42 Å². The number of fused-ring (bicyclic) bond motifs is 1. The Morgan fingerprint density at radius 2 is 2.04 bits per heavy atom. The second-order valence-electron chi connectivity index (χ2n) is 6.81. The van der Waals surface area contributed by atoms with Crippen molar-refractivity contribution in [2.75, 3.05) is 26.3 Å². The van der Waals surface area contributed by atoms with Crippen LogP contribution in [-0.4, -0.2) is 48.2 Å². The fourth-order valence-corrected chi connectivity index (χ4v) is 4.10. The number of likely N-dealkylation sites (tertiary alicyclic amines) is 1. The van der Waals surface area contributed by atoms with Crippen LogP contribution in [0.25, 0.3) is 11.3 Å². The van der Waals surface area contributed by atoms with Crippen molar-refractivity contribution in [1.29, 1.82) is 0 Å². The highest BCUT2D eigenvalue weighted by molar-refractivity contribution is 6.33. The number of amides is 1. The van der Waals surface area contributed by atoms with Crippen molar-refractivity contribution < 1.29 is 23.8 Å². The maximum absolute atomic E-state index is 12.9. The van der Waals surface area contributed by atoms with Gasteiger partial charge in [0.2, 0.25) is 0 Å². The Kier molecular flexibility index (Phi) is 4.25. The number of hydrogen-bond donors (Lipinski definition) is 1. The zero-order valence-electron chi connectivity index (χ0n) is 14.0. The summed E-state index contributed by atoms with van der Waals surface area (Å²) in [6.07, 6.45) is 0.416. The number of halogens is 1. The van der Waals surface area contributed by atoms with Gasteiger partial charge in [0.15, 0.2) is 5.76 Å². The summed E-state index contributed by atoms with van der Waals surface area (Å²) in [5, 5.41) is 10.3. The lowest BCUT2D eigenvalue weighted by Crippen LogP contribution is -2.45. The van der Waals surface area contributed by atoms with Gasteiger partial charge >= 0.3 is 5.97 Å². The van der Waals surface area contributed by atoms with E-state index in [1.807, 2.05) is 18.2 Å². The monoisotopic (exact) mass is 375 g/mol. The molecule has 1 aromatic heterocycles. The molecule has 136 valence electrons. The summed E-state index contributed by atoms with van der Waals surface area (Å²) in [5.74, 6) is -0.682. The summed E-state index contributed by atoms with van der Waals surface area (Å²) in [6.45, 7) is 1.30. The summed E-state index contributed by atoms with van der Waals surface area (Å²) in [6, 6.07) is 10.5. The standard InChI is InChI=1S/C19H18ClNO5/c20-14-4-2-1-3-13(14)15-5-6-16(26-15)17(22)21-9-12-10-25-8-7-19(12,11-21)18(23)24/h1-6,12H,7-11H2,(H,23,24)/t12-,19+/m0/s1. The topological polar surface area (TPSA) is 80.0 Å². The van der Waals surface area contributed by atoms with Crippen LogP contribution in [0.5, 0.6) is 0 Å². The Hall–Kier alpha value is -2.31. The maximum atomic E-state index is 12.9. The third-order valence-electron chi connectivity index (χ3n) is 5.38. The summed E-state index contributed by atoms with van der Waals surface area (Å²) in [5.41, 5.74) is -0.217. The molecule has 2 aromatic rings. The molecule has 2 aliphatic heterocycles. The number of ether oxygens (including phenoxy) is 1. The molecule has 2 aliphatic rings. The number of aliphatic carboxylic acids is 1. The molecule has 1 amide bonds. The number of furan rings is 1. The van der Waals surface area contributed by atoms with Gasteiger partial charge in [0.1, 0.15) is 5.76 Å². The molecule has 1 aromatic carbocycles. The van der Waals surface area contributed by atoms with E-state index in [9.17, 15) is 14.7 Å². The first kappa shape index (κ1) is 17.1. The van der Waals surface area contributed by atoms with E-state index >= 15 is 0 Å². The maximum Gasteiger partial charge on any atom is 0.311 e. The molecule has 7 heteroatoms. The first-order valence-electron chi connectivity index (χ1n) is 8.46. The van der Waals surface area contributed by atoms with E-state index in [2.05, 4.69) is 0 Å². The number of benzene rings is 1. The molecule has 2 fully saturated rings. The van der Waals surface area contributed by atoms with Crippen LogP contribution in [0.2, 0.25) is 5.02 Å². The molecule has 0 saturated carbocycles. The lowest BCUT2D eigenvalue weighted by molar-refractivity contribution is -0.157. The van der Waals surface area contributed by atoms with Crippen molar-refractivity contribution in [1.82, 2.24) is 4.90 Å². The summed E-state index contributed by atoms with van der Waals surface area (Å²) in [7, 11) is 0. The van der Waals surface area contributed by atoms with Crippen molar-refractivity contribution in [3.63, 3.8) is 0 Å². The molecule has 2 saturated heterocycles.